The number of aryl methyl sites for hydroxylation is 1. The van der Waals surface area contributed by atoms with Crippen LogP contribution in [-0.2, 0) is 6.42 Å². The molecule has 0 saturated carbocycles. The highest BCUT2D eigenvalue weighted by Gasteiger charge is 2.13. The van der Waals surface area contributed by atoms with Crippen molar-refractivity contribution >= 4 is 5.82 Å². The van der Waals surface area contributed by atoms with Gasteiger partial charge in [-0.15, -0.1) is 0 Å². The maximum absolute atomic E-state index is 5.80. The number of H-pyrrole nitrogens is 1. The number of nitrogens with two attached hydrogens (primary N) is 1. The Kier molecular flexibility index (Phi) is 2.49. The van der Waals surface area contributed by atoms with Crippen LogP contribution in [0.4, 0.5) is 5.82 Å². The van der Waals surface area contributed by atoms with E-state index < -0.39 is 0 Å². The quantitative estimate of drug-likeness (QED) is 0.809. The summed E-state index contributed by atoms with van der Waals surface area (Å²) in [5.41, 5.74) is 8.87. The van der Waals surface area contributed by atoms with E-state index in [1.807, 2.05) is 13.0 Å². The first-order chi connectivity index (χ1) is 7.22. The van der Waals surface area contributed by atoms with Gasteiger partial charge in [0.1, 0.15) is 17.8 Å². The van der Waals surface area contributed by atoms with Gasteiger partial charge in [0.05, 0.1) is 5.69 Å². The average molecular weight is 205 g/mol. The van der Waals surface area contributed by atoms with E-state index in [1.54, 1.807) is 6.26 Å². The minimum Gasteiger partial charge on any atom is -0.469 e. The normalized spacial score (nSPS) is 10.8. The third-order valence-corrected chi connectivity index (χ3v) is 2.42. The molecule has 2 rings (SSSR count). The summed E-state index contributed by atoms with van der Waals surface area (Å²) in [5, 5.41) is 6.99. The van der Waals surface area contributed by atoms with Crippen LogP contribution in [0.1, 0.15) is 24.7 Å². The third-order valence-electron chi connectivity index (χ3n) is 2.42. The van der Waals surface area contributed by atoms with Crippen molar-refractivity contribution < 1.29 is 4.42 Å². The predicted molar refractivity (Wildman–Crippen MR) is 59.4 cm³/mol. The molecular weight excluding hydrogens is 190 g/mol. The zero-order valence-corrected chi connectivity index (χ0v) is 9.00. The maximum atomic E-state index is 5.80. The van der Waals surface area contributed by atoms with E-state index in [9.17, 15) is 0 Å². The Labute approximate surface area is 88.5 Å². The second-order valence-electron chi connectivity index (χ2n) is 3.66. The molecule has 0 amide bonds. The Hall–Kier alpha value is -1.71. The first-order valence-corrected chi connectivity index (χ1v) is 5.10. The van der Waals surface area contributed by atoms with E-state index in [0.717, 1.165) is 35.4 Å². The number of anilines is 1. The molecule has 4 heteroatoms. The molecule has 0 unspecified atom stereocenters. The van der Waals surface area contributed by atoms with Crippen molar-refractivity contribution in [2.75, 3.05) is 5.73 Å². The first-order valence-electron chi connectivity index (χ1n) is 5.10. The van der Waals surface area contributed by atoms with Gasteiger partial charge in [-0.3, -0.25) is 5.10 Å². The fourth-order valence-electron chi connectivity index (χ4n) is 1.70. The number of aromatic nitrogens is 2. The molecule has 0 saturated heterocycles. The zero-order chi connectivity index (χ0) is 10.8. The lowest BCUT2D eigenvalue weighted by molar-refractivity contribution is 0.535. The topological polar surface area (TPSA) is 67.8 Å². The molecule has 0 atom stereocenters. The summed E-state index contributed by atoms with van der Waals surface area (Å²) in [6.45, 7) is 4.04. The van der Waals surface area contributed by atoms with Gasteiger partial charge in [-0.25, -0.2) is 0 Å². The molecule has 0 aliphatic heterocycles. The number of nitrogens with one attached hydrogen (secondary N) is 1. The van der Waals surface area contributed by atoms with Crippen LogP contribution in [0.25, 0.3) is 11.3 Å². The maximum Gasteiger partial charge on any atom is 0.149 e. The molecule has 4 nitrogen and oxygen atoms in total. The number of nitrogens with zero attached hydrogens (tertiary/aromatic N) is 1. The van der Waals surface area contributed by atoms with Crippen LogP contribution in [0.5, 0.6) is 0 Å². The Morgan fingerprint density at radius 1 is 1.53 bits per heavy atom. The second kappa shape index (κ2) is 3.81. The number of hydrogen-bond donors (Lipinski definition) is 2. The molecule has 0 radical (unpaired) electrons. The number of aromatic amines is 1. The van der Waals surface area contributed by atoms with Gasteiger partial charge in [-0.1, -0.05) is 13.3 Å². The highest BCUT2D eigenvalue weighted by atomic mass is 16.3. The van der Waals surface area contributed by atoms with Crippen LogP contribution in [-0.4, -0.2) is 10.2 Å². The number of nitrogen functional groups attached to an aromatic ring is 1. The summed E-state index contributed by atoms with van der Waals surface area (Å²) in [4.78, 5) is 0. The van der Waals surface area contributed by atoms with Gasteiger partial charge in [0.25, 0.3) is 0 Å². The van der Waals surface area contributed by atoms with Crippen molar-refractivity contribution in [3.63, 3.8) is 0 Å². The fraction of sp³-hybridized carbons (Fsp3) is 0.364. The summed E-state index contributed by atoms with van der Waals surface area (Å²) in [5.74, 6) is 1.48. The highest BCUT2D eigenvalue weighted by molar-refractivity contribution is 5.67. The molecule has 2 aromatic heterocycles. The SMILES string of the molecule is CCCc1c(N)n[nH]c1-c1coc(C)c1. The standard InChI is InChI=1S/C11H15N3O/c1-3-4-9-10(13-14-11(9)12)8-5-7(2)15-6-8/h5-6H,3-4H2,1-2H3,(H3,12,13,14). The first kappa shape index (κ1) is 9.83. The van der Waals surface area contributed by atoms with E-state index in [1.165, 1.54) is 0 Å². The lowest BCUT2D eigenvalue weighted by atomic mass is 10.1. The van der Waals surface area contributed by atoms with Crippen molar-refractivity contribution in [3.8, 4) is 11.3 Å². The average Bonchev–Trinajstić information content (AvgIpc) is 2.76. The predicted octanol–water partition coefficient (Wildman–Crippen LogP) is 2.51. The van der Waals surface area contributed by atoms with Crippen LogP contribution in [0.2, 0.25) is 0 Å². The van der Waals surface area contributed by atoms with E-state index >= 15 is 0 Å². The molecule has 0 aliphatic rings. The Morgan fingerprint density at radius 3 is 2.93 bits per heavy atom. The molecule has 80 valence electrons. The Bertz CT molecular complexity index is 456. The van der Waals surface area contributed by atoms with Gasteiger partial charge in [-0.2, -0.15) is 5.10 Å². The van der Waals surface area contributed by atoms with Crippen LogP contribution in [0.15, 0.2) is 16.7 Å². The molecule has 0 aliphatic carbocycles. The van der Waals surface area contributed by atoms with Crippen molar-refractivity contribution in [3.05, 3.63) is 23.7 Å². The van der Waals surface area contributed by atoms with Crippen molar-refractivity contribution in [2.45, 2.75) is 26.7 Å². The summed E-state index contributed by atoms with van der Waals surface area (Å²) in [6, 6.07) is 1.98. The van der Waals surface area contributed by atoms with E-state index in [4.69, 9.17) is 10.2 Å². The zero-order valence-electron chi connectivity index (χ0n) is 9.00. The smallest absolute Gasteiger partial charge is 0.149 e. The van der Waals surface area contributed by atoms with Gasteiger partial charge in [0.15, 0.2) is 0 Å². The second-order valence-corrected chi connectivity index (χ2v) is 3.66. The summed E-state index contributed by atoms with van der Waals surface area (Å²) in [7, 11) is 0. The lowest BCUT2D eigenvalue weighted by Crippen LogP contribution is -1.92. The van der Waals surface area contributed by atoms with Crippen LogP contribution < -0.4 is 5.73 Å². The van der Waals surface area contributed by atoms with E-state index in [2.05, 4.69) is 17.1 Å². The molecule has 0 fully saturated rings. The summed E-state index contributed by atoms with van der Waals surface area (Å²) >= 11 is 0. The van der Waals surface area contributed by atoms with E-state index in [0.29, 0.717) is 5.82 Å². The molecule has 0 spiro atoms. The van der Waals surface area contributed by atoms with Crippen molar-refractivity contribution in [1.29, 1.82) is 0 Å². The molecule has 15 heavy (non-hydrogen) atoms. The van der Waals surface area contributed by atoms with Crippen molar-refractivity contribution in [1.82, 2.24) is 10.2 Å². The van der Waals surface area contributed by atoms with Crippen LogP contribution >= 0.6 is 0 Å². The summed E-state index contributed by atoms with van der Waals surface area (Å²) in [6.07, 6.45) is 3.71. The monoisotopic (exact) mass is 205 g/mol. The minimum atomic E-state index is 0.589. The molecule has 2 aromatic rings. The largest absolute Gasteiger partial charge is 0.469 e. The molecule has 2 heterocycles. The van der Waals surface area contributed by atoms with Gasteiger partial charge in [-0.05, 0) is 19.4 Å². The number of rotatable bonds is 3. The third kappa shape index (κ3) is 1.75. The number of hydrogen-bond acceptors (Lipinski definition) is 3. The molecule has 0 bridgehead atoms. The van der Waals surface area contributed by atoms with Gasteiger partial charge >= 0.3 is 0 Å². The Morgan fingerprint density at radius 2 is 2.33 bits per heavy atom. The molecular formula is C11H15N3O. The fourth-order valence-corrected chi connectivity index (χ4v) is 1.70. The van der Waals surface area contributed by atoms with Gasteiger partial charge in [0, 0.05) is 11.1 Å². The minimum absolute atomic E-state index is 0.589. The molecule has 0 aromatic carbocycles. The Balaban J connectivity index is 2.43. The van der Waals surface area contributed by atoms with Gasteiger partial charge < -0.3 is 10.2 Å². The molecule has 3 N–H and O–H groups in total. The summed E-state index contributed by atoms with van der Waals surface area (Å²) < 4.78 is 5.27. The van der Waals surface area contributed by atoms with Crippen molar-refractivity contribution in [2.24, 2.45) is 0 Å². The van der Waals surface area contributed by atoms with E-state index in [-0.39, 0.29) is 0 Å². The van der Waals surface area contributed by atoms with Gasteiger partial charge in [0.2, 0.25) is 0 Å². The van der Waals surface area contributed by atoms with Crippen LogP contribution in [0.3, 0.4) is 0 Å². The number of furan rings is 1. The lowest BCUT2D eigenvalue weighted by Gasteiger charge is -1.98. The van der Waals surface area contributed by atoms with Crippen LogP contribution in [0, 0.1) is 6.92 Å². The highest BCUT2D eigenvalue weighted by Crippen LogP contribution is 2.27.